The number of carbonyl (C=O) groups is 1. The minimum atomic E-state index is -3.58. The van der Waals surface area contributed by atoms with E-state index in [0.717, 1.165) is 18.5 Å². The summed E-state index contributed by atoms with van der Waals surface area (Å²) < 4.78 is 49.0. The van der Waals surface area contributed by atoms with Gasteiger partial charge in [0.05, 0.1) is 23.3 Å². The van der Waals surface area contributed by atoms with Crippen molar-refractivity contribution in [2.24, 2.45) is 0 Å². The first kappa shape index (κ1) is 28.2. The van der Waals surface area contributed by atoms with E-state index in [4.69, 9.17) is 4.74 Å². The Kier molecular flexibility index (Phi) is 7.92. The number of likely N-dealkylation sites (tertiary alicyclic amines) is 1. The highest BCUT2D eigenvalue weighted by molar-refractivity contribution is 7.91. The van der Waals surface area contributed by atoms with Gasteiger partial charge in [0.15, 0.2) is 5.65 Å². The van der Waals surface area contributed by atoms with Crippen molar-refractivity contribution in [3.8, 4) is 5.75 Å². The van der Waals surface area contributed by atoms with Crippen LogP contribution in [0.2, 0.25) is 0 Å². The number of anilines is 2. The van der Waals surface area contributed by atoms with Crippen LogP contribution in [0.5, 0.6) is 5.75 Å². The molecule has 0 aliphatic carbocycles. The van der Waals surface area contributed by atoms with Gasteiger partial charge in [-0.1, -0.05) is 12.6 Å². The maximum Gasteiger partial charge on any atom is 0.252 e. The number of thiophene rings is 1. The highest BCUT2D eigenvalue weighted by Gasteiger charge is 2.32. The molecule has 0 bridgehead atoms. The van der Waals surface area contributed by atoms with E-state index in [9.17, 15) is 13.2 Å². The fourth-order valence-electron chi connectivity index (χ4n) is 5.53. The summed E-state index contributed by atoms with van der Waals surface area (Å²) in [6.45, 7) is 5.38. The topological polar surface area (TPSA) is 133 Å². The lowest BCUT2D eigenvalue weighted by molar-refractivity contribution is -0.127. The Balaban J connectivity index is 1.16. The number of H-pyrrole nitrogens is 1. The van der Waals surface area contributed by atoms with Gasteiger partial charge in [0.25, 0.3) is 10.0 Å². The van der Waals surface area contributed by atoms with Crippen LogP contribution in [-0.4, -0.2) is 76.0 Å². The Labute approximate surface area is 246 Å². The average molecular weight is 612 g/mol. The summed E-state index contributed by atoms with van der Waals surface area (Å²) in [5, 5.41) is 12.9. The highest BCUT2D eigenvalue weighted by atomic mass is 32.2. The second-order valence-electron chi connectivity index (χ2n) is 10.3. The van der Waals surface area contributed by atoms with Crippen LogP contribution in [0.4, 0.5) is 15.9 Å². The lowest BCUT2D eigenvalue weighted by atomic mass is 9.92. The maximum atomic E-state index is 15.3. The number of aromatic amines is 1. The van der Waals surface area contributed by atoms with Crippen LogP contribution in [0.15, 0.2) is 58.9 Å². The third-order valence-corrected chi connectivity index (χ3v) is 10.9. The van der Waals surface area contributed by atoms with Gasteiger partial charge in [-0.15, -0.1) is 11.3 Å². The summed E-state index contributed by atoms with van der Waals surface area (Å²) >= 11 is 1.19. The van der Waals surface area contributed by atoms with Gasteiger partial charge >= 0.3 is 0 Å². The third-order valence-electron chi connectivity index (χ3n) is 7.69. The average Bonchev–Trinajstić information content (AvgIpc) is 3.70. The van der Waals surface area contributed by atoms with Crippen LogP contribution in [0.3, 0.4) is 0 Å². The largest absolute Gasteiger partial charge is 0.489 e. The summed E-state index contributed by atoms with van der Waals surface area (Å²) in [5.41, 5.74) is 1.51. The molecule has 2 fully saturated rings. The number of halogens is 1. The van der Waals surface area contributed by atoms with Gasteiger partial charge < -0.3 is 15.0 Å². The molecule has 4 aromatic rings. The molecule has 1 atom stereocenters. The second-order valence-corrected chi connectivity index (χ2v) is 13.4. The van der Waals surface area contributed by atoms with E-state index in [1.807, 2.05) is 0 Å². The molecule has 42 heavy (non-hydrogen) atoms. The molecule has 6 rings (SSSR count). The Morgan fingerprint density at radius 2 is 2.02 bits per heavy atom. The van der Waals surface area contributed by atoms with Crippen LogP contribution >= 0.6 is 11.3 Å². The van der Waals surface area contributed by atoms with Crippen molar-refractivity contribution in [3.63, 3.8) is 0 Å². The number of amides is 1. The lowest BCUT2D eigenvalue weighted by Gasteiger charge is -2.31. The number of sulfonamides is 1. The SMILES string of the molecule is C=CC(=O)N1CCC(c2[nH]nc3ncnc(Nc4ccc(O[C@H]5CCCN(S(=O)(=O)c6cccs6)C5)cc4F)c23)CC1. The smallest absolute Gasteiger partial charge is 0.252 e. The first-order valence-electron chi connectivity index (χ1n) is 13.7. The molecule has 1 aromatic carbocycles. The molecule has 3 aromatic heterocycles. The zero-order valence-corrected chi connectivity index (χ0v) is 24.3. The fourth-order valence-corrected chi connectivity index (χ4v) is 8.19. The summed E-state index contributed by atoms with van der Waals surface area (Å²) in [4.78, 5) is 22.4. The predicted molar refractivity (Wildman–Crippen MR) is 157 cm³/mol. The Bertz CT molecular complexity index is 1700. The molecule has 0 unspecified atom stereocenters. The minimum Gasteiger partial charge on any atom is -0.489 e. The lowest BCUT2D eigenvalue weighted by Crippen LogP contribution is -2.44. The summed E-state index contributed by atoms with van der Waals surface area (Å²) in [7, 11) is -3.58. The van der Waals surface area contributed by atoms with Crippen molar-refractivity contribution in [3.05, 3.63) is 66.2 Å². The number of benzene rings is 1. The number of hydrogen-bond acceptors (Lipinski definition) is 9. The Hall–Kier alpha value is -3.88. The molecule has 2 saturated heterocycles. The molecule has 2 N–H and O–H groups in total. The molecule has 2 aliphatic rings. The number of fused-ring (bicyclic) bond motifs is 1. The van der Waals surface area contributed by atoms with Crippen LogP contribution in [0.25, 0.3) is 11.0 Å². The van der Waals surface area contributed by atoms with Crippen molar-refractivity contribution in [1.29, 1.82) is 0 Å². The van der Waals surface area contributed by atoms with Crippen LogP contribution in [0.1, 0.15) is 37.3 Å². The van der Waals surface area contributed by atoms with Gasteiger partial charge in [0.1, 0.15) is 34.0 Å². The van der Waals surface area contributed by atoms with E-state index < -0.39 is 21.9 Å². The van der Waals surface area contributed by atoms with Crippen molar-refractivity contribution in [2.75, 3.05) is 31.5 Å². The number of piperidine rings is 2. The molecule has 14 heteroatoms. The van der Waals surface area contributed by atoms with Gasteiger partial charge in [-0.3, -0.25) is 9.89 Å². The van der Waals surface area contributed by atoms with Gasteiger partial charge in [0.2, 0.25) is 5.91 Å². The van der Waals surface area contributed by atoms with E-state index in [2.05, 4.69) is 32.1 Å². The monoisotopic (exact) mass is 611 g/mol. The van der Waals surface area contributed by atoms with E-state index in [0.29, 0.717) is 59.3 Å². The number of ether oxygens (including phenoxy) is 1. The van der Waals surface area contributed by atoms with E-state index >= 15 is 4.39 Å². The maximum absolute atomic E-state index is 15.3. The van der Waals surface area contributed by atoms with Gasteiger partial charge in [-0.25, -0.2) is 22.8 Å². The van der Waals surface area contributed by atoms with Crippen molar-refractivity contribution < 1.29 is 22.3 Å². The molecule has 0 radical (unpaired) electrons. The Morgan fingerprint density at radius 3 is 2.76 bits per heavy atom. The molecule has 220 valence electrons. The molecule has 0 spiro atoms. The number of nitrogens with zero attached hydrogens (tertiary/aromatic N) is 5. The normalized spacial score (nSPS) is 18.7. The highest BCUT2D eigenvalue weighted by Crippen LogP contribution is 2.35. The Morgan fingerprint density at radius 1 is 1.19 bits per heavy atom. The number of carbonyl (C=O) groups excluding carboxylic acids is 1. The molecule has 0 saturated carbocycles. The van der Waals surface area contributed by atoms with E-state index in [-0.39, 0.29) is 24.1 Å². The quantitative estimate of drug-likeness (QED) is 0.280. The summed E-state index contributed by atoms with van der Waals surface area (Å²) in [6.07, 6.45) is 5.09. The number of aromatic nitrogens is 4. The minimum absolute atomic E-state index is 0.0827. The fraction of sp³-hybridized carbons (Fsp3) is 0.357. The first-order chi connectivity index (χ1) is 20.3. The number of nitrogens with one attached hydrogen (secondary N) is 2. The molecule has 11 nitrogen and oxygen atoms in total. The molecule has 2 aliphatic heterocycles. The van der Waals surface area contributed by atoms with Crippen LogP contribution in [0, 0.1) is 5.82 Å². The van der Waals surface area contributed by atoms with Gasteiger partial charge in [-0.05, 0) is 55.3 Å². The van der Waals surface area contributed by atoms with Crippen molar-refractivity contribution >= 4 is 49.8 Å². The van der Waals surface area contributed by atoms with Crippen LogP contribution in [-0.2, 0) is 14.8 Å². The van der Waals surface area contributed by atoms with Gasteiger partial charge in [0, 0.05) is 31.6 Å². The zero-order chi connectivity index (χ0) is 29.3. The molecule has 5 heterocycles. The molecule has 1 amide bonds. The van der Waals surface area contributed by atoms with Crippen molar-refractivity contribution in [1.82, 2.24) is 29.4 Å². The summed E-state index contributed by atoms with van der Waals surface area (Å²) in [5.74, 6) is 0.216. The van der Waals surface area contributed by atoms with Crippen LogP contribution < -0.4 is 10.1 Å². The second kappa shape index (κ2) is 11.8. The standard InChI is InChI=1S/C28H30FN7O4S2/c1-2-23(37)35-12-9-18(10-13-35)26-25-27(30-17-31-28(25)34-33-26)32-22-8-7-19(15-21(22)29)40-20-5-3-11-36(16-20)42(38,39)24-6-4-14-41-24/h2,4,6-8,14-15,17-18,20H,1,3,5,9-13,16H2,(H2,30,31,32,33,34)/t20-/m0/s1. The van der Waals surface area contributed by atoms with Gasteiger partial charge in [-0.2, -0.15) is 9.40 Å². The first-order valence-corrected chi connectivity index (χ1v) is 16.0. The third kappa shape index (κ3) is 5.61. The summed E-state index contributed by atoms with van der Waals surface area (Å²) in [6, 6.07) is 7.82. The van der Waals surface area contributed by atoms with E-state index in [1.54, 1.807) is 34.5 Å². The number of rotatable bonds is 8. The van der Waals surface area contributed by atoms with Crippen molar-refractivity contribution in [2.45, 2.75) is 41.9 Å². The van der Waals surface area contributed by atoms with E-state index in [1.165, 1.54) is 34.1 Å². The zero-order valence-electron chi connectivity index (χ0n) is 22.7. The molecular formula is C28H30FN7O4S2. The predicted octanol–water partition coefficient (Wildman–Crippen LogP) is 4.42. The molecular weight excluding hydrogens is 581 g/mol. The number of hydrogen-bond donors (Lipinski definition) is 2.